The van der Waals surface area contributed by atoms with Crippen LogP contribution in [-0.2, 0) is 24.7 Å². The Morgan fingerprint density at radius 1 is 1.43 bits per heavy atom. The van der Waals surface area contributed by atoms with Gasteiger partial charge >= 0.3 is 0 Å². The lowest BCUT2D eigenvalue weighted by Gasteiger charge is -2.16. The predicted molar refractivity (Wildman–Crippen MR) is 111 cm³/mol. The van der Waals surface area contributed by atoms with Gasteiger partial charge in [-0.1, -0.05) is 18.7 Å². The van der Waals surface area contributed by atoms with E-state index in [2.05, 4.69) is 33.6 Å². The van der Waals surface area contributed by atoms with Crippen LogP contribution in [0.4, 0.5) is 5.69 Å². The monoisotopic (exact) mass is 417 g/mol. The molecule has 1 N–H and O–H groups in total. The number of fused-ring (bicyclic) bond motifs is 1. The third-order valence-corrected chi connectivity index (χ3v) is 7.09. The summed E-state index contributed by atoms with van der Waals surface area (Å²) in [7, 11) is 1.86. The second-order valence-electron chi connectivity index (χ2n) is 7.29. The molecule has 0 spiro atoms. The lowest BCUT2D eigenvalue weighted by atomic mass is 9.90. The number of anilines is 1. The van der Waals surface area contributed by atoms with E-state index in [0.717, 1.165) is 40.7 Å². The van der Waals surface area contributed by atoms with E-state index in [4.69, 9.17) is 4.42 Å². The number of aromatic nitrogens is 4. The molecular weight excluding hydrogens is 394 g/mol. The van der Waals surface area contributed by atoms with E-state index in [1.54, 1.807) is 16.0 Å². The molecule has 9 heteroatoms. The standard InChI is InChI=1S/C19H23N5O2S2/c1-10-5-6-14-13(7-10)8-15(28-14)18-21-22-19(26-18)27-9-16(25)20-17-11(2)23-24(4)12(17)3/h8,10H,5-7,9H2,1-4H3,(H,20,25)/t10-/m1/s1. The van der Waals surface area contributed by atoms with Gasteiger partial charge in [0.15, 0.2) is 0 Å². The molecule has 1 atom stereocenters. The minimum absolute atomic E-state index is 0.121. The van der Waals surface area contributed by atoms with Gasteiger partial charge in [-0.05, 0) is 50.7 Å². The van der Waals surface area contributed by atoms with Crippen molar-refractivity contribution in [2.24, 2.45) is 13.0 Å². The molecule has 0 saturated heterocycles. The van der Waals surface area contributed by atoms with Crippen LogP contribution in [0.1, 0.15) is 35.2 Å². The molecule has 0 bridgehead atoms. The van der Waals surface area contributed by atoms with E-state index in [9.17, 15) is 4.79 Å². The largest absolute Gasteiger partial charge is 0.410 e. The Morgan fingerprint density at radius 2 is 2.25 bits per heavy atom. The van der Waals surface area contributed by atoms with Crippen LogP contribution >= 0.6 is 23.1 Å². The fraction of sp³-hybridized carbons (Fsp3) is 0.474. The Morgan fingerprint density at radius 3 is 3.00 bits per heavy atom. The summed E-state index contributed by atoms with van der Waals surface area (Å²) in [6.45, 7) is 6.09. The first kappa shape index (κ1) is 19.2. The molecule has 28 heavy (non-hydrogen) atoms. The van der Waals surface area contributed by atoms with Crippen LogP contribution in [0.25, 0.3) is 10.8 Å². The molecule has 7 nitrogen and oxygen atoms in total. The third-order valence-electron chi connectivity index (χ3n) is 5.05. The molecule has 0 unspecified atom stereocenters. The highest BCUT2D eigenvalue weighted by molar-refractivity contribution is 7.99. The highest BCUT2D eigenvalue weighted by atomic mass is 32.2. The number of thioether (sulfide) groups is 1. The molecule has 1 aliphatic rings. The Kier molecular flexibility index (Phi) is 5.29. The fourth-order valence-electron chi connectivity index (χ4n) is 3.44. The summed E-state index contributed by atoms with van der Waals surface area (Å²) in [6, 6.07) is 2.18. The molecule has 4 rings (SSSR count). The number of nitrogens with zero attached hydrogens (tertiary/aromatic N) is 4. The molecule has 0 aromatic carbocycles. The zero-order valence-electron chi connectivity index (χ0n) is 16.4. The molecule has 3 heterocycles. The number of hydrogen-bond donors (Lipinski definition) is 1. The summed E-state index contributed by atoms with van der Waals surface area (Å²) in [5, 5.41) is 15.9. The van der Waals surface area contributed by atoms with E-state index in [1.807, 2.05) is 20.9 Å². The number of amides is 1. The van der Waals surface area contributed by atoms with E-state index in [-0.39, 0.29) is 11.7 Å². The van der Waals surface area contributed by atoms with Gasteiger partial charge in [-0.25, -0.2) is 0 Å². The van der Waals surface area contributed by atoms with Crippen LogP contribution < -0.4 is 5.32 Å². The lowest BCUT2D eigenvalue weighted by molar-refractivity contribution is -0.113. The minimum atomic E-state index is -0.121. The number of hydrogen-bond acceptors (Lipinski definition) is 7. The Labute approximate surface area is 171 Å². The van der Waals surface area contributed by atoms with Crippen LogP contribution in [-0.4, -0.2) is 31.6 Å². The van der Waals surface area contributed by atoms with Crippen molar-refractivity contribution in [3.05, 3.63) is 27.9 Å². The predicted octanol–water partition coefficient (Wildman–Crippen LogP) is 4.00. The van der Waals surface area contributed by atoms with Crippen molar-refractivity contribution < 1.29 is 9.21 Å². The Bertz CT molecular complexity index is 1020. The average molecular weight is 418 g/mol. The van der Waals surface area contributed by atoms with Gasteiger partial charge in [0.2, 0.25) is 5.91 Å². The van der Waals surface area contributed by atoms with Crippen molar-refractivity contribution >= 4 is 34.7 Å². The first-order valence-corrected chi connectivity index (χ1v) is 11.1. The molecular formula is C19H23N5O2S2. The first-order valence-electron chi connectivity index (χ1n) is 9.29. The van der Waals surface area contributed by atoms with Gasteiger partial charge in [0, 0.05) is 11.9 Å². The van der Waals surface area contributed by atoms with Crippen molar-refractivity contribution in [2.75, 3.05) is 11.1 Å². The van der Waals surface area contributed by atoms with Crippen molar-refractivity contribution in [1.29, 1.82) is 0 Å². The van der Waals surface area contributed by atoms with E-state index in [1.165, 1.54) is 28.6 Å². The quantitative estimate of drug-likeness (QED) is 0.632. The Balaban J connectivity index is 1.38. The van der Waals surface area contributed by atoms with Crippen LogP contribution in [0.3, 0.4) is 0 Å². The molecule has 3 aromatic rings. The summed E-state index contributed by atoms with van der Waals surface area (Å²) >= 11 is 2.98. The molecule has 0 saturated carbocycles. The van der Waals surface area contributed by atoms with Gasteiger partial charge in [-0.3, -0.25) is 9.48 Å². The number of thiophene rings is 1. The molecule has 0 aliphatic heterocycles. The maximum absolute atomic E-state index is 12.3. The number of aryl methyl sites for hydroxylation is 3. The Hall–Kier alpha value is -2.13. The number of rotatable bonds is 5. The van der Waals surface area contributed by atoms with Crippen LogP contribution in [0.15, 0.2) is 15.7 Å². The van der Waals surface area contributed by atoms with Crippen molar-refractivity contribution in [3.63, 3.8) is 0 Å². The van der Waals surface area contributed by atoms with Crippen LogP contribution in [0.2, 0.25) is 0 Å². The minimum Gasteiger partial charge on any atom is -0.410 e. The van der Waals surface area contributed by atoms with Gasteiger partial charge in [-0.15, -0.1) is 21.5 Å². The van der Waals surface area contributed by atoms with E-state index in [0.29, 0.717) is 11.1 Å². The second-order valence-corrected chi connectivity index (χ2v) is 9.35. The maximum atomic E-state index is 12.3. The highest BCUT2D eigenvalue weighted by Crippen LogP contribution is 2.37. The molecule has 1 amide bonds. The van der Waals surface area contributed by atoms with Gasteiger partial charge in [-0.2, -0.15) is 5.10 Å². The molecule has 148 valence electrons. The number of nitrogens with one attached hydrogen (secondary N) is 1. The van der Waals surface area contributed by atoms with Gasteiger partial charge in [0.25, 0.3) is 11.1 Å². The summed E-state index contributed by atoms with van der Waals surface area (Å²) in [5.41, 5.74) is 3.90. The van der Waals surface area contributed by atoms with Gasteiger partial charge < -0.3 is 9.73 Å². The molecule has 1 aliphatic carbocycles. The molecule has 3 aromatic heterocycles. The summed E-state index contributed by atoms with van der Waals surface area (Å²) in [4.78, 5) is 14.7. The van der Waals surface area contributed by atoms with Crippen molar-refractivity contribution in [2.45, 2.75) is 45.3 Å². The number of carbonyl (C=O) groups excluding carboxylic acids is 1. The smallest absolute Gasteiger partial charge is 0.277 e. The van der Waals surface area contributed by atoms with Crippen LogP contribution in [0.5, 0.6) is 0 Å². The summed E-state index contributed by atoms with van der Waals surface area (Å²) < 4.78 is 7.53. The van der Waals surface area contributed by atoms with E-state index >= 15 is 0 Å². The lowest BCUT2D eigenvalue weighted by Crippen LogP contribution is -2.15. The summed E-state index contributed by atoms with van der Waals surface area (Å²) in [5.74, 6) is 1.35. The topological polar surface area (TPSA) is 85.8 Å². The zero-order chi connectivity index (χ0) is 19.8. The SMILES string of the molecule is Cc1nn(C)c(C)c1NC(=O)CSc1nnc(-c2cc3c(s2)CC[C@@H](C)C3)o1. The fourth-order valence-corrected chi connectivity index (χ4v) is 5.13. The third kappa shape index (κ3) is 3.86. The van der Waals surface area contributed by atoms with E-state index < -0.39 is 0 Å². The normalized spacial score (nSPS) is 16.2. The van der Waals surface area contributed by atoms with Gasteiger partial charge in [0.05, 0.1) is 27.7 Å². The van der Waals surface area contributed by atoms with Gasteiger partial charge in [0.1, 0.15) is 0 Å². The summed E-state index contributed by atoms with van der Waals surface area (Å²) in [6.07, 6.45) is 3.49. The van der Waals surface area contributed by atoms with Crippen molar-refractivity contribution in [1.82, 2.24) is 20.0 Å². The van der Waals surface area contributed by atoms with Crippen LogP contribution in [0, 0.1) is 19.8 Å². The zero-order valence-corrected chi connectivity index (χ0v) is 18.0. The first-order chi connectivity index (χ1) is 13.4. The maximum Gasteiger partial charge on any atom is 0.277 e. The highest BCUT2D eigenvalue weighted by Gasteiger charge is 2.21. The second kappa shape index (κ2) is 7.71. The number of carbonyl (C=O) groups is 1. The van der Waals surface area contributed by atoms with Crippen molar-refractivity contribution in [3.8, 4) is 10.8 Å². The molecule has 0 radical (unpaired) electrons. The molecule has 0 fully saturated rings. The average Bonchev–Trinajstić information content (AvgIpc) is 3.34.